The predicted molar refractivity (Wildman–Crippen MR) is 541 cm³/mol. The van der Waals surface area contributed by atoms with E-state index >= 15 is 0 Å². The van der Waals surface area contributed by atoms with Crippen molar-refractivity contribution in [1.82, 2.24) is 24.9 Å². The van der Waals surface area contributed by atoms with Crippen molar-refractivity contribution in [2.24, 2.45) is 0 Å². The predicted octanol–water partition coefficient (Wildman–Crippen LogP) is 28.7. The van der Waals surface area contributed by atoms with E-state index in [-0.39, 0.29) is 158 Å². The maximum Gasteiger partial charge on any atom is 0.155 e. The molecule has 0 atom stereocenters. The Bertz CT molecular complexity index is 7470. The standard InChI is InChI=1S/C25H14N.C19H12N.C17H10N.C16H12N.C15H10N.5C5H8O2.5Ir/c1-2-7-22-16(4-1)12-15-23(26-22)20-13-10-19-9-8-17-5-3-6-18-11-14-21(20)25(19)24(17)18;1-3-9-16-14(6-1)8-5-10-17(16)19-13-12-15-7-2-4-11-18(15)20-19;1-3-7-15-12(5-1)9-10-14-11-13-6-2-4-8-16(13)18-17(14)15;1-12-6-8-14(9-7-12)16-11-10-13-4-2-3-5-15(13)17-16;1-2-6-12(7-3-1)15-11-10-13-8-4-5-9-14(13)16-15;5*1-4(6)3-5(2)7;;;;;/h1-12,14-15H;1-9,11-13H;1-6,8-11H;2-8,10-11H,1H3;1-6,8-11H;5*3,6H,1-2H3;;;;;/q5*-1;;;;;;;;;;. The number of hydrogen-bond donors (Lipinski definition) is 5. The van der Waals surface area contributed by atoms with Crippen LogP contribution in [0.2, 0.25) is 0 Å². The SMILES string of the molecule is CC(=O)C=C(C)O.CC(=O)C=C(C)O.CC(=O)C=C(C)O.CC(=O)C=C(C)O.CC(=O)C=C(C)O.Cc1c[c-]c(-c2ccc3ccccc3n2)cc1.[Ir].[Ir].[Ir].[Ir].[Ir].[c-]1cc2ccc3cccc4ccc(c1-c1ccc5ccccc5n1)c2c34.[c-]1ccc2ccccc2c1-c1ccc2ccccc2n1.[c-]1cccc2ccc3cc4ccccc4nc3c12.[c-]1ccccc1-c1ccc2ccccc2n1. The zero-order chi connectivity index (χ0) is 94.2. The second-order valence-corrected chi connectivity index (χ2v) is 30.9. The van der Waals surface area contributed by atoms with Gasteiger partial charge in [0.05, 0.1) is 56.4 Å². The Morgan fingerprint density at radius 1 is 0.248 bits per heavy atom. The van der Waals surface area contributed by atoms with Gasteiger partial charge < -0.3 is 25.5 Å². The van der Waals surface area contributed by atoms with Crippen molar-refractivity contribution in [3.05, 3.63) is 429 Å². The molecule has 5 heterocycles. The number of carbonyl (C=O) groups is 5. The average molecular weight is 2700 g/mol. The van der Waals surface area contributed by atoms with Gasteiger partial charge in [-0.3, -0.25) is 48.9 Å². The van der Waals surface area contributed by atoms with Gasteiger partial charge in [-0.25, -0.2) is 0 Å². The van der Waals surface area contributed by atoms with Gasteiger partial charge in [-0.05, 0) is 176 Å². The zero-order valence-corrected chi connectivity index (χ0v) is 88.8. The molecule has 0 saturated carbocycles. The van der Waals surface area contributed by atoms with Gasteiger partial charge in [0.1, 0.15) is 0 Å². The topological polar surface area (TPSA) is 251 Å². The molecule has 0 aliphatic carbocycles. The van der Waals surface area contributed by atoms with E-state index < -0.39 is 0 Å². The molecule has 701 valence electrons. The first-order valence-electron chi connectivity index (χ1n) is 42.5. The van der Waals surface area contributed by atoms with E-state index in [1.807, 2.05) is 140 Å². The van der Waals surface area contributed by atoms with Crippen LogP contribution in [0.15, 0.2) is 393 Å². The van der Waals surface area contributed by atoms with E-state index in [2.05, 4.69) is 241 Å². The fourth-order valence-electron chi connectivity index (χ4n) is 14.2. The molecule has 0 unspecified atom stereocenters. The van der Waals surface area contributed by atoms with Gasteiger partial charge in [-0.2, -0.15) is 0 Å². The molecule has 5 N–H and O–H groups in total. The van der Waals surface area contributed by atoms with Crippen molar-refractivity contribution in [3.8, 4) is 45.0 Å². The monoisotopic (exact) mass is 2700 g/mol. The number of fused-ring (bicyclic) bond motifs is 9. The summed E-state index contributed by atoms with van der Waals surface area (Å²) in [5.74, 6) is -0.312. The molecule has 20 heteroatoms. The Morgan fingerprint density at radius 3 is 1.03 bits per heavy atom. The molecule has 15 aromatic carbocycles. The molecule has 0 fully saturated rings. The van der Waals surface area contributed by atoms with Crippen LogP contribution >= 0.6 is 0 Å². The molecule has 0 aliphatic rings. The average Bonchev–Trinajstić information content (AvgIpc) is 0.733. The molecule has 20 aromatic rings. The van der Waals surface area contributed by atoms with Gasteiger partial charge in [0.15, 0.2) is 28.9 Å². The molecule has 0 amide bonds. The van der Waals surface area contributed by atoms with E-state index in [9.17, 15) is 24.0 Å². The van der Waals surface area contributed by atoms with Crippen LogP contribution < -0.4 is 0 Å². The Hall–Kier alpha value is -13.5. The first kappa shape index (κ1) is 112. The smallest absolute Gasteiger partial charge is 0.155 e. The van der Waals surface area contributed by atoms with Crippen molar-refractivity contribution in [3.63, 3.8) is 0 Å². The number of hydrogen-bond acceptors (Lipinski definition) is 15. The summed E-state index contributed by atoms with van der Waals surface area (Å²) in [5, 5.41) is 61.2. The van der Waals surface area contributed by atoms with Gasteiger partial charge in [0, 0.05) is 131 Å². The Kier molecular flexibility index (Phi) is 45.9. The number of aromatic nitrogens is 5. The van der Waals surface area contributed by atoms with Crippen LogP contribution in [0, 0.1) is 37.3 Å². The molecule has 137 heavy (non-hydrogen) atoms. The molecule has 0 saturated heterocycles. The number of carbonyl (C=O) groups excluding carboxylic acids is 5. The minimum Gasteiger partial charge on any atom is -0.512 e. The molecule has 5 radical (unpaired) electrons. The normalized spacial score (nSPS) is 10.8. The second-order valence-electron chi connectivity index (χ2n) is 30.9. The second kappa shape index (κ2) is 56.1. The van der Waals surface area contributed by atoms with Crippen molar-refractivity contribution >= 4 is 148 Å². The van der Waals surface area contributed by atoms with Gasteiger partial charge in [0.25, 0.3) is 0 Å². The summed E-state index contributed by atoms with van der Waals surface area (Å²) in [7, 11) is 0. The van der Waals surface area contributed by atoms with E-state index in [0.717, 1.165) is 94.3 Å². The summed E-state index contributed by atoms with van der Waals surface area (Å²) < 4.78 is 0. The van der Waals surface area contributed by atoms with Crippen LogP contribution in [0.1, 0.15) is 74.8 Å². The summed E-state index contributed by atoms with van der Waals surface area (Å²) in [6, 6.07) is 131. The third-order valence-electron chi connectivity index (χ3n) is 19.7. The van der Waals surface area contributed by atoms with Gasteiger partial charge >= 0.3 is 0 Å². The van der Waals surface area contributed by atoms with Crippen molar-refractivity contribution in [1.29, 1.82) is 0 Å². The molecule has 5 aromatic heterocycles. The maximum absolute atomic E-state index is 10.0. The number of aliphatic hydroxyl groups excluding tert-OH is 5. The Morgan fingerprint density at radius 2 is 0.599 bits per heavy atom. The number of ketones is 5. The van der Waals surface area contributed by atoms with Crippen LogP contribution in [0.3, 0.4) is 0 Å². The van der Waals surface area contributed by atoms with Crippen molar-refractivity contribution < 1.29 is 150 Å². The van der Waals surface area contributed by atoms with Gasteiger partial charge in [-0.1, -0.05) is 253 Å². The third-order valence-corrected chi connectivity index (χ3v) is 19.7. The fourth-order valence-corrected chi connectivity index (χ4v) is 14.2. The number of allylic oxidation sites excluding steroid dienone is 10. The van der Waals surface area contributed by atoms with Crippen LogP contribution in [0.4, 0.5) is 0 Å². The fraction of sp³-hybridized carbons (Fsp3) is 0.0940. The van der Waals surface area contributed by atoms with Gasteiger partial charge in [0.2, 0.25) is 0 Å². The number of nitrogens with zero attached hydrogens (tertiary/aromatic N) is 5. The van der Waals surface area contributed by atoms with Crippen LogP contribution in [0.5, 0.6) is 0 Å². The number of pyridine rings is 5. The van der Waals surface area contributed by atoms with Crippen LogP contribution in [-0.2, 0) is 124 Å². The molecule has 0 aliphatic heterocycles. The van der Waals surface area contributed by atoms with Crippen LogP contribution in [0.25, 0.3) is 164 Å². The zero-order valence-electron chi connectivity index (χ0n) is 76.8. The summed E-state index contributed by atoms with van der Waals surface area (Å²) in [4.78, 5) is 73.8. The van der Waals surface area contributed by atoms with E-state index in [0.29, 0.717) is 0 Å². The molecule has 20 rings (SSSR count). The number of para-hydroxylation sites is 5. The summed E-state index contributed by atoms with van der Waals surface area (Å²) in [6.07, 6.45) is 5.83. The van der Waals surface area contributed by atoms with E-state index in [1.54, 1.807) is 0 Å². The molecular weight excluding hydrogens is 2600 g/mol. The largest absolute Gasteiger partial charge is 0.512 e. The minimum absolute atomic E-state index is 0. The first-order chi connectivity index (χ1) is 63.6. The Labute approximate surface area is 865 Å². The summed E-state index contributed by atoms with van der Waals surface area (Å²) >= 11 is 0. The third kappa shape index (κ3) is 33.8. The number of rotatable bonds is 9. The van der Waals surface area contributed by atoms with Gasteiger partial charge in [-0.15, -0.1) is 153 Å². The summed E-state index contributed by atoms with van der Waals surface area (Å²) in [6.45, 7) is 16.3. The summed E-state index contributed by atoms with van der Waals surface area (Å²) in [5.41, 5.74) is 15.5. The number of aryl methyl sites for hydroxylation is 1. The molecule has 0 bridgehead atoms. The molecular formula is C117H98Ir5N5O10-5. The number of aliphatic hydroxyl groups is 5. The van der Waals surface area contributed by atoms with Crippen molar-refractivity contribution in [2.45, 2.75) is 76.2 Å². The quantitative estimate of drug-likeness (QED) is 0.0296. The van der Waals surface area contributed by atoms with E-state index in [4.69, 9.17) is 40.5 Å². The molecule has 15 nitrogen and oxygen atoms in total. The van der Waals surface area contributed by atoms with Crippen molar-refractivity contribution in [2.75, 3.05) is 0 Å². The maximum atomic E-state index is 10.0. The minimum atomic E-state index is -0.125. The first-order valence-corrected chi connectivity index (χ1v) is 42.5. The molecule has 0 spiro atoms. The Balaban J connectivity index is 0.000000241. The van der Waals surface area contributed by atoms with Crippen LogP contribution in [-0.4, -0.2) is 79.4 Å². The number of benzene rings is 15. The van der Waals surface area contributed by atoms with E-state index in [1.165, 1.54) is 175 Å².